The summed E-state index contributed by atoms with van der Waals surface area (Å²) in [4.78, 5) is 10.6. The van der Waals surface area contributed by atoms with Crippen molar-refractivity contribution in [3.63, 3.8) is 0 Å². The van der Waals surface area contributed by atoms with Gasteiger partial charge >= 0.3 is 0 Å². The molecule has 0 saturated heterocycles. The number of hydrogen-bond donors (Lipinski definition) is 1. The van der Waals surface area contributed by atoms with Gasteiger partial charge in [-0.3, -0.25) is 0 Å². The quantitative estimate of drug-likeness (QED) is 0.833. The monoisotopic (exact) mass is 250 g/mol. The molecule has 0 amide bonds. The molecule has 6 heteroatoms. The molecule has 6 nitrogen and oxygen atoms in total. The summed E-state index contributed by atoms with van der Waals surface area (Å²) in [6.07, 6.45) is 2.97. The summed E-state index contributed by atoms with van der Waals surface area (Å²) < 4.78 is 6.86. The number of rotatable bonds is 5. The fraction of sp³-hybridized carbons (Fsp3) is 0.500. The van der Waals surface area contributed by atoms with Crippen molar-refractivity contribution >= 4 is 16.9 Å². The number of aliphatic hydroxyl groups excluding tert-OH is 1. The van der Waals surface area contributed by atoms with E-state index in [4.69, 9.17) is 4.74 Å². The predicted molar refractivity (Wildman–Crippen MR) is 69.7 cm³/mol. The van der Waals surface area contributed by atoms with Crippen molar-refractivity contribution in [2.45, 2.75) is 6.10 Å². The zero-order valence-electron chi connectivity index (χ0n) is 10.9. The van der Waals surface area contributed by atoms with Crippen LogP contribution in [0, 0.1) is 0 Å². The molecule has 0 radical (unpaired) electrons. The molecule has 0 aliphatic carbocycles. The largest absolute Gasteiger partial charge is 0.389 e. The zero-order chi connectivity index (χ0) is 13.1. The van der Waals surface area contributed by atoms with Crippen LogP contribution in [0.3, 0.4) is 0 Å². The van der Waals surface area contributed by atoms with Crippen LogP contribution in [-0.2, 0) is 11.8 Å². The summed E-state index contributed by atoms with van der Waals surface area (Å²) >= 11 is 0. The molecule has 98 valence electrons. The van der Waals surface area contributed by atoms with Crippen molar-refractivity contribution in [3.05, 3.63) is 18.6 Å². The van der Waals surface area contributed by atoms with E-state index >= 15 is 0 Å². The SMILES string of the molecule is COCC(O)CN(C)c1nccc2c1ncn2C. The lowest BCUT2D eigenvalue weighted by molar-refractivity contribution is 0.0694. The van der Waals surface area contributed by atoms with Gasteiger partial charge in [0.1, 0.15) is 5.52 Å². The second-order valence-electron chi connectivity index (χ2n) is 4.35. The van der Waals surface area contributed by atoms with Gasteiger partial charge in [0.25, 0.3) is 0 Å². The first-order valence-corrected chi connectivity index (χ1v) is 5.77. The Balaban J connectivity index is 2.25. The third-order valence-corrected chi connectivity index (χ3v) is 2.83. The Kier molecular flexibility index (Phi) is 3.78. The van der Waals surface area contributed by atoms with Crippen molar-refractivity contribution in [1.82, 2.24) is 14.5 Å². The molecule has 2 rings (SSSR count). The smallest absolute Gasteiger partial charge is 0.156 e. The average molecular weight is 250 g/mol. The molecule has 2 aromatic rings. The zero-order valence-corrected chi connectivity index (χ0v) is 10.9. The number of aliphatic hydroxyl groups is 1. The van der Waals surface area contributed by atoms with Crippen molar-refractivity contribution in [3.8, 4) is 0 Å². The summed E-state index contributed by atoms with van der Waals surface area (Å²) in [7, 11) is 5.40. The molecule has 0 saturated carbocycles. The summed E-state index contributed by atoms with van der Waals surface area (Å²) in [5.74, 6) is 0.767. The molecule has 18 heavy (non-hydrogen) atoms. The topological polar surface area (TPSA) is 63.4 Å². The molecular formula is C12H18N4O2. The van der Waals surface area contributed by atoms with Crippen molar-refractivity contribution < 1.29 is 9.84 Å². The molecule has 0 aliphatic rings. The van der Waals surface area contributed by atoms with Gasteiger partial charge in [0.05, 0.1) is 24.6 Å². The molecule has 1 atom stereocenters. The van der Waals surface area contributed by atoms with E-state index in [1.165, 1.54) is 0 Å². The van der Waals surface area contributed by atoms with E-state index in [1.54, 1.807) is 19.6 Å². The standard InChI is InChI=1S/C12H18N4O2/c1-15(6-9(17)7-18-3)12-11-10(4-5-13-12)16(2)8-14-11/h4-5,8-9,17H,6-7H2,1-3H3. The number of aryl methyl sites for hydroxylation is 1. The first-order valence-electron chi connectivity index (χ1n) is 5.77. The number of methoxy groups -OCH3 is 1. The number of hydrogen-bond acceptors (Lipinski definition) is 5. The molecule has 2 aromatic heterocycles. The van der Waals surface area contributed by atoms with Crippen LogP contribution in [0.25, 0.3) is 11.0 Å². The average Bonchev–Trinajstić information content (AvgIpc) is 2.71. The van der Waals surface area contributed by atoms with Gasteiger partial charge in [0, 0.05) is 33.9 Å². The first kappa shape index (κ1) is 12.8. The molecule has 0 fully saturated rings. The van der Waals surface area contributed by atoms with E-state index in [0.29, 0.717) is 13.2 Å². The van der Waals surface area contributed by atoms with Gasteiger partial charge in [-0.25, -0.2) is 9.97 Å². The van der Waals surface area contributed by atoms with E-state index in [2.05, 4.69) is 9.97 Å². The fourth-order valence-electron chi connectivity index (χ4n) is 1.98. The highest BCUT2D eigenvalue weighted by Gasteiger charge is 2.14. The summed E-state index contributed by atoms with van der Waals surface area (Å²) in [5, 5.41) is 9.74. The van der Waals surface area contributed by atoms with E-state index in [1.807, 2.05) is 29.6 Å². The second kappa shape index (κ2) is 5.32. The van der Waals surface area contributed by atoms with Crippen molar-refractivity contribution in [2.75, 3.05) is 32.2 Å². The maximum atomic E-state index is 9.74. The van der Waals surface area contributed by atoms with Gasteiger partial charge < -0.3 is 19.3 Å². The maximum Gasteiger partial charge on any atom is 0.156 e. The molecule has 2 heterocycles. The van der Waals surface area contributed by atoms with Gasteiger partial charge in [0.15, 0.2) is 5.82 Å². The second-order valence-corrected chi connectivity index (χ2v) is 4.35. The number of pyridine rings is 1. The number of imidazole rings is 1. The lowest BCUT2D eigenvalue weighted by atomic mass is 10.3. The lowest BCUT2D eigenvalue weighted by Gasteiger charge is -2.21. The first-order chi connectivity index (χ1) is 8.63. The molecule has 0 bridgehead atoms. The Morgan fingerprint density at radius 1 is 1.50 bits per heavy atom. The Morgan fingerprint density at radius 3 is 3.00 bits per heavy atom. The highest BCUT2D eigenvalue weighted by Crippen LogP contribution is 2.21. The predicted octanol–water partition coefficient (Wildman–Crippen LogP) is 0.412. The van der Waals surface area contributed by atoms with Gasteiger partial charge in [-0.05, 0) is 6.07 Å². The van der Waals surface area contributed by atoms with Crippen LogP contribution in [0.2, 0.25) is 0 Å². The van der Waals surface area contributed by atoms with Crippen LogP contribution in [0.1, 0.15) is 0 Å². The van der Waals surface area contributed by atoms with Crippen LogP contribution in [-0.4, -0.2) is 53.1 Å². The summed E-state index contributed by atoms with van der Waals surface area (Å²) in [5.41, 5.74) is 1.86. The normalized spacial score (nSPS) is 12.9. The Bertz CT molecular complexity index is 526. The van der Waals surface area contributed by atoms with Gasteiger partial charge in [-0.2, -0.15) is 0 Å². The van der Waals surface area contributed by atoms with Gasteiger partial charge in [0.2, 0.25) is 0 Å². The van der Waals surface area contributed by atoms with Crippen LogP contribution in [0.15, 0.2) is 18.6 Å². The molecule has 0 spiro atoms. The van der Waals surface area contributed by atoms with Crippen LogP contribution in [0.5, 0.6) is 0 Å². The lowest BCUT2D eigenvalue weighted by Crippen LogP contribution is -2.32. The fourth-order valence-corrected chi connectivity index (χ4v) is 1.98. The minimum atomic E-state index is -0.541. The highest BCUT2D eigenvalue weighted by molar-refractivity contribution is 5.86. The Morgan fingerprint density at radius 2 is 2.28 bits per heavy atom. The highest BCUT2D eigenvalue weighted by atomic mass is 16.5. The number of fused-ring (bicyclic) bond motifs is 1. The van der Waals surface area contributed by atoms with Crippen LogP contribution in [0.4, 0.5) is 5.82 Å². The number of ether oxygens (including phenoxy) is 1. The maximum absolute atomic E-state index is 9.74. The molecule has 0 aliphatic heterocycles. The number of likely N-dealkylation sites (N-methyl/N-ethyl adjacent to an activating group) is 1. The summed E-state index contributed by atoms with van der Waals surface area (Å²) in [6, 6.07) is 1.92. The number of anilines is 1. The third kappa shape index (κ3) is 2.44. The molecular weight excluding hydrogens is 232 g/mol. The van der Waals surface area contributed by atoms with Crippen LogP contribution < -0.4 is 4.90 Å². The van der Waals surface area contributed by atoms with E-state index in [9.17, 15) is 5.11 Å². The van der Waals surface area contributed by atoms with E-state index in [-0.39, 0.29) is 0 Å². The summed E-state index contributed by atoms with van der Waals surface area (Å²) in [6.45, 7) is 0.763. The molecule has 0 aromatic carbocycles. The van der Waals surface area contributed by atoms with Gasteiger partial charge in [-0.15, -0.1) is 0 Å². The number of nitrogens with zero attached hydrogens (tertiary/aromatic N) is 4. The van der Waals surface area contributed by atoms with Crippen molar-refractivity contribution in [2.24, 2.45) is 7.05 Å². The van der Waals surface area contributed by atoms with E-state index < -0.39 is 6.10 Å². The van der Waals surface area contributed by atoms with Gasteiger partial charge in [-0.1, -0.05) is 0 Å². The van der Waals surface area contributed by atoms with E-state index in [0.717, 1.165) is 16.9 Å². The molecule has 1 N–H and O–H groups in total. The van der Waals surface area contributed by atoms with Crippen molar-refractivity contribution in [1.29, 1.82) is 0 Å². The Labute approximate surface area is 106 Å². The minimum absolute atomic E-state index is 0.308. The molecule has 1 unspecified atom stereocenters. The minimum Gasteiger partial charge on any atom is -0.389 e. The Hall–Kier alpha value is -1.66. The number of aromatic nitrogens is 3. The third-order valence-electron chi connectivity index (χ3n) is 2.83. The van der Waals surface area contributed by atoms with Crippen LogP contribution >= 0.6 is 0 Å².